The highest BCUT2D eigenvalue weighted by Gasteiger charge is 2.07. The summed E-state index contributed by atoms with van der Waals surface area (Å²) in [6.07, 6.45) is 0.737. The van der Waals surface area contributed by atoms with Crippen molar-refractivity contribution in [2.75, 3.05) is 26.4 Å². The third kappa shape index (κ3) is 5.61. The summed E-state index contributed by atoms with van der Waals surface area (Å²) in [6.45, 7) is 6.44. The third-order valence-electron chi connectivity index (χ3n) is 2.03. The molecule has 1 rings (SSSR count). The molecule has 0 saturated carbocycles. The van der Waals surface area contributed by atoms with E-state index in [1.54, 1.807) is 11.3 Å². The average molecular weight is 244 g/mol. The zero-order valence-electron chi connectivity index (χ0n) is 9.98. The molecule has 0 aliphatic rings. The van der Waals surface area contributed by atoms with Crippen LogP contribution >= 0.6 is 11.3 Å². The smallest absolute Gasteiger partial charge is 0.180 e. The van der Waals surface area contributed by atoms with Gasteiger partial charge in [0.2, 0.25) is 0 Å². The monoisotopic (exact) mass is 244 g/mol. The van der Waals surface area contributed by atoms with Gasteiger partial charge in [-0.05, 0) is 25.3 Å². The van der Waals surface area contributed by atoms with Gasteiger partial charge < -0.3 is 14.2 Å². The van der Waals surface area contributed by atoms with Crippen LogP contribution in [0.4, 0.5) is 0 Å². The van der Waals surface area contributed by atoms with Gasteiger partial charge in [-0.1, -0.05) is 6.07 Å². The van der Waals surface area contributed by atoms with E-state index in [0.29, 0.717) is 19.8 Å². The summed E-state index contributed by atoms with van der Waals surface area (Å²) in [5.74, 6) is 0. The first-order valence-corrected chi connectivity index (χ1v) is 6.58. The van der Waals surface area contributed by atoms with Crippen molar-refractivity contribution >= 4 is 11.3 Å². The number of hydrogen-bond acceptors (Lipinski definition) is 4. The summed E-state index contributed by atoms with van der Waals surface area (Å²) in [5, 5.41) is 2.08. The highest BCUT2D eigenvalue weighted by Crippen LogP contribution is 2.09. The molecule has 1 aromatic heterocycles. The lowest BCUT2D eigenvalue weighted by atomic mass is 10.4. The fraction of sp³-hybridized carbons (Fsp3) is 0.667. The Hall–Kier alpha value is -0.420. The summed E-state index contributed by atoms with van der Waals surface area (Å²) < 4.78 is 16.3. The second-order valence-electron chi connectivity index (χ2n) is 3.24. The van der Waals surface area contributed by atoms with Crippen LogP contribution in [0.1, 0.15) is 18.7 Å². The van der Waals surface area contributed by atoms with Crippen molar-refractivity contribution in [1.29, 1.82) is 0 Å². The maximum atomic E-state index is 5.53. The van der Waals surface area contributed by atoms with E-state index in [4.69, 9.17) is 14.2 Å². The first-order chi connectivity index (χ1) is 7.86. The molecule has 0 aliphatic carbocycles. The highest BCUT2D eigenvalue weighted by molar-refractivity contribution is 7.09. The zero-order chi connectivity index (χ0) is 11.6. The molecule has 0 aromatic carbocycles. The van der Waals surface area contributed by atoms with Crippen molar-refractivity contribution < 1.29 is 14.2 Å². The van der Waals surface area contributed by atoms with Gasteiger partial charge in [0, 0.05) is 24.5 Å². The topological polar surface area (TPSA) is 27.7 Å². The lowest BCUT2D eigenvalue weighted by Crippen LogP contribution is -2.24. The van der Waals surface area contributed by atoms with Crippen LogP contribution in [0, 0.1) is 0 Å². The summed E-state index contributed by atoms with van der Waals surface area (Å²) in [6, 6.07) is 4.18. The number of rotatable bonds is 9. The largest absolute Gasteiger partial charge is 0.376 e. The molecular formula is C12H20O3S. The van der Waals surface area contributed by atoms with E-state index in [0.717, 1.165) is 13.0 Å². The molecule has 1 heterocycles. The fourth-order valence-corrected chi connectivity index (χ4v) is 2.01. The van der Waals surface area contributed by atoms with Gasteiger partial charge in [-0.3, -0.25) is 0 Å². The minimum Gasteiger partial charge on any atom is -0.376 e. The van der Waals surface area contributed by atoms with Crippen LogP contribution in [0.2, 0.25) is 0 Å². The Bertz CT molecular complexity index is 243. The van der Waals surface area contributed by atoms with Crippen LogP contribution in [-0.2, 0) is 20.6 Å². The van der Waals surface area contributed by atoms with Crippen molar-refractivity contribution in [3.8, 4) is 0 Å². The SMILES string of the molecule is CCOC(COCCc1cccs1)OCC. The van der Waals surface area contributed by atoms with Crippen molar-refractivity contribution in [1.82, 2.24) is 0 Å². The number of ether oxygens (including phenoxy) is 3. The molecule has 0 unspecified atom stereocenters. The zero-order valence-corrected chi connectivity index (χ0v) is 10.8. The van der Waals surface area contributed by atoms with Crippen molar-refractivity contribution in [2.24, 2.45) is 0 Å². The van der Waals surface area contributed by atoms with E-state index in [1.165, 1.54) is 4.88 Å². The number of thiophene rings is 1. The second kappa shape index (κ2) is 8.70. The lowest BCUT2D eigenvalue weighted by molar-refractivity contribution is -0.167. The quantitative estimate of drug-likeness (QED) is 0.494. The van der Waals surface area contributed by atoms with Gasteiger partial charge in [0.15, 0.2) is 6.29 Å². The van der Waals surface area contributed by atoms with Gasteiger partial charge in [0.05, 0.1) is 13.2 Å². The van der Waals surface area contributed by atoms with Crippen LogP contribution in [0.3, 0.4) is 0 Å². The van der Waals surface area contributed by atoms with Crippen LogP contribution in [0.5, 0.6) is 0 Å². The summed E-state index contributed by atoms with van der Waals surface area (Å²) >= 11 is 1.76. The minimum atomic E-state index is -0.224. The summed E-state index contributed by atoms with van der Waals surface area (Å²) in [4.78, 5) is 1.35. The fourth-order valence-electron chi connectivity index (χ4n) is 1.32. The Morgan fingerprint density at radius 3 is 2.56 bits per heavy atom. The molecule has 0 spiro atoms. The molecule has 1 aromatic rings. The van der Waals surface area contributed by atoms with E-state index in [9.17, 15) is 0 Å². The summed E-state index contributed by atoms with van der Waals surface area (Å²) in [7, 11) is 0. The van der Waals surface area contributed by atoms with Gasteiger partial charge in [-0.25, -0.2) is 0 Å². The van der Waals surface area contributed by atoms with E-state index in [2.05, 4.69) is 17.5 Å². The Labute approximate surface area is 101 Å². The van der Waals surface area contributed by atoms with E-state index in [1.807, 2.05) is 13.8 Å². The molecule has 0 atom stereocenters. The Morgan fingerprint density at radius 2 is 2.00 bits per heavy atom. The first kappa shape index (κ1) is 13.6. The molecule has 0 N–H and O–H groups in total. The van der Waals surface area contributed by atoms with Gasteiger partial charge in [-0.2, -0.15) is 0 Å². The molecule has 3 nitrogen and oxygen atoms in total. The van der Waals surface area contributed by atoms with Crippen molar-refractivity contribution in [3.63, 3.8) is 0 Å². The van der Waals surface area contributed by atoms with Gasteiger partial charge in [-0.15, -0.1) is 11.3 Å². The molecule has 0 amide bonds. The predicted octanol–water partition coefficient (Wildman–Crippen LogP) is 2.71. The van der Waals surface area contributed by atoms with Gasteiger partial charge in [0.25, 0.3) is 0 Å². The molecule has 16 heavy (non-hydrogen) atoms. The molecule has 0 radical (unpaired) electrons. The van der Waals surface area contributed by atoms with Crippen LogP contribution in [0.25, 0.3) is 0 Å². The Morgan fingerprint density at radius 1 is 1.25 bits per heavy atom. The van der Waals surface area contributed by atoms with E-state index >= 15 is 0 Å². The first-order valence-electron chi connectivity index (χ1n) is 5.70. The molecule has 4 heteroatoms. The molecule has 92 valence electrons. The predicted molar refractivity (Wildman–Crippen MR) is 65.9 cm³/mol. The molecule has 0 saturated heterocycles. The Balaban J connectivity index is 2.08. The van der Waals surface area contributed by atoms with Gasteiger partial charge >= 0.3 is 0 Å². The highest BCUT2D eigenvalue weighted by atomic mass is 32.1. The Kier molecular flexibility index (Phi) is 7.42. The average Bonchev–Trinajstić information content (AvgIpc) is 2.78. The van der Waals surface area contributed by atoms with Crippen LogP contribution < -0.4 is 0 Å². The summed E-state index contributed by atoms with van der Waals surface area (Å²) in [5.41, 5.74) is 0. The third-order valence-corrected chi connectivity index (χ3v) is 2.97. The van der Waals surface area contributed by atoms with E-state index in [-0.39, 0.29) is 6.29 Å². The van der Waals surface area contributed by atoms with E-state index < -0.39 is 0 Å². The maximum Gasteiger partial charge on any atom is 0.180 e. The molecular weight excluding hydrogens is 224 g/mol. The number of hydrogen-bond donors (Lipinski definition) is 0. The van der Waals surface area contributed by atoms with Crippen LogP contribution in [0.15, 0.2) is 17.5 Å². The molecule has 0 bridgehead atoms. The molecule has 0 fully saturated rings. The van der Waals surface area contributed by atoms with Crippen molar-refractivity contribution in [2.45, 2.75) is 26.6 Å². The van der Waals surface area contributed by atoms with Crippen LogP contribution in [-0.4, -0.2) is 32.7 Å². The minimum absolute atomic E-state index is 0.224. The van der Waals surface area contributed by atoms with Gasteiger partial charge in [0.1, 0.15) is 0 Å². The van der Waals surface area contributed by atoms with Crippen molar-refractivity contribution in [3.05, 3.63) is 22.4 Å². The second-order valence-corrected chi connectivity index (χ2v) is 4.28. The maximum absolute atomic E-state index is 5.53. The standard InChI is InChI=1S/C12H20O3S/c1-3-14-12(15-4-2)10-13-8-7-11-6-5-9-16-11/h5-6,9,12H,3-4,7-8,10H2,1-2H3. The molecule has 0 aliphatic heterocycles. The normalized spacial score (nSPS) is 11.2. The lowest BCUT2D eigenvalue weighted by Gasteiger charge is -2.16.